The number of sulfonamides is 1. The molecule has 2 N–H and O–H groups in total. The number of carbonyl (C=O) groups is 2. The van der Waals surface area contributed by atoms with Gasteiger partial charge in [-0.2, -0.15) is 4.31 Å². The smallest absolute Gasteiger partial charge is 0.257 e. The Kier molecular flexibility index (Phi) is 6.87. The third-order valence-electron chi connectivity index (χ3n) is 5.46. The molecule has 33 heavy (non-hydrogen) atoms. The molecule has 1 fully saturated rings. The molecule has 10 heteroatoms. The number of nitrogens with zero attached hydrogens (tertiary/aromatic N) is 2. The Balaban J connectivity index is 1.48. The van der Waals surface area contributed by atoms with E-state index in [0.717, 1.165) is 19.3 Å². The number of aromatic nitrogens is 1. The van der Waals surface area contributed by atoms with Gasteiger partial charge in [0.2, 0.25) is 10.0 Å². The summed E-state index contributed by atoms with van der Waals surface area (Å²) in [4.78, 5) is 29.3. The SMILES string of the molecule is Cc1ccc(S(=O)(=O)N2CCCCC2)cc1C(=O)Nc1ccc(C(=O)Nc2nccs2)cc1. The van der Waals surface area contributed by atoms with Crippen LogP contribution in [0.25, 0.3) is 0 Å². The number of thiazole rings is 1. The highest BCUT2D eigenvalue weighted by molar-refractivity contribution is 7.89. The van der Waals surface area contributed by atoms with Gasteiger partial charge in [0.05, 0.1) is 4.90 Å². The van der Waals surface area contributed by atoms with Crippen LogP contribution < -0.4 is 10.6 Å². The molecule has 1 aromatic heterocycles. The van der Waals surface area contributed by atoms with E-state index in [2.05, 4.69) is 15.6 Å². The molecule has 0 spiro atoms. The second kappa shape index (κ2) is 9.82. The van der Waals surface area contributed by atoms with Gasteiger partial charge < -0.3 is 5.32 Å². The first-order valence-corrected chi connectivity index (χ1v) is 12.9. The van der Waals surface area contributed by atoms with E-state index >= 15 is 0 Å². The Hall–Kier alpha value is -3.08. The Morgan fingerprint density at radius 3 is 2.36 bits per heavy atom. The average Bonchev–Trinajstić information content (AvgIpc) is 3.33. The van der Waals surface area contributed by atoms with Crippen molar-refractivity contribution in [2.45, 2.75) is 31.1 Å². The lowest BCUT2D eigenvalue weighted by Crippen LogP contribution is -2.35. The van der Waals surface area contributed by atoms with E-state index < -0.39 is 15.9 Å². The van der Waals surface area contributed by atoms with Crippen LogP contribution in [0.1, 0.15) is 45.5 Å². The molecular weight excluding hydrogens is 460 g/mol. The highest BCUT2D eigenvalue weighted by Crippen LogP contribution is 2.24. The quantitative estimate of drug-likeness (QED) is 0.547. The lowest BCUT2D eigenvalue weighted by Gasteiger charge is -2.26. The number of hydrogen-bond acceptors (Lipinski definition) is 6. The van der Waals surface area contributed by atoms with Gasteiger partial charge in [-0.1, -0.05) is 12.5 Å². The molecule has 2 aromatic carbocycles. The van der Waals surface area contributed by atoms with E-state index in [0.29, 0.717) is 40.6 Å². The van der Waals surface area contributed by atoms with Gasteiger partial charge in [-0.25, -0.2) is 13.4 Å². The number of hydrogen-bond donors (Lipinski definition) is 2. The number of aryl methyl sites for hydroxylation is 1. The van der Waals surface area contributed by atoms with Crippen LogP contribution in [0.15, 0.2) is 58.9 Å². The third-order valence-corrected chi connectivity index (χ3v) is 8.05. The predicted octanol–water partition coefficient (Wildman–Crippen LogP) is 4.13. The maximum Gasteiger partial charge on any atom is 0.257 e. The fraction of sp³-hybridized carbons (Fsp3) is 0.261. The summed E-state index contributed by atoms with van der Waals surface area (Å²) in [6, 6.07) is 11.1. The Morgan fingerprint density at radius 2 is 1.70 bits per heavy atom. The molecule has 0 saturated carbocycles. The van der Waals surface area contributed by atoms with Gasteiger partial charge in [0.25, 0.3) is 11.8 Å². The fourth-order valence-electron chi connectivity index (χ4n) is 3.62. The standard InChI is InChI=1S/C23H24N4O4S2/c1-16-5-10-19(33(30,31)27-12-3-2-4-13-27)15-20(16)22(29)25-18-8-6-17(7-9-18)21(28)26-23-24-11-14-32-23/h5-11,14-15H,2-4,12-13H2,1H3,(H,25,29)(H,24,26,28). The summed E-state index contributed by atoms with van der Waals surface area (Å²) in [6.07, 6.45) is 4.32. The first-order chi connectivity index (χ1) is 15.8. The summed E-state index contributed by atoms with van der Waals surface area (Å²) >= 11 is 1.32. The molecule has 0 bridgehead atoms. The van der Waals surface area contributed by atoms with Gasteiger partial charge in [-0.15, -0.1) is 11.3 Å². The Morgan fingerprint density at radius 1 is 0.970 bits per heavy atom. The number of anilines is 2. The third kappa shape index (κ3) is 5.29. The molecule has 4 rings (SSSR count). The molecule has 0 atom stereocenters. The summed E-state index contributed by atoms with van der Waals surface area (Å²) in [5.41, 5.74) is 1.88. The van der Waals surface area contributed by atoms with Crippen molar-refractivity contribution in [2.24, 2.45) is 0 Å². The highest BCUT2D eigenvalue weighted by Gasteiger charge is 2.27. The maximum absolute atomic E-state index is 13.0. The number of piperidine rings is 1. The second-order valence-corrected chi connectivity index (χ2v) is 10.6. The zero-order valence-electron chi connectivity index (χ0n) is 18.1. The number of nitrogens with one attached hydrogen (secondary N) is 2. The van der Waals surface area contributed by atoms with Gasteiger partial charge in [0, 0.05) is 41.5 Å². The lowest BCUT2D eigenvalue weighted by atomic mass is 10.1. The van der Waals surface area contributed by atoms with E-state index in [-0.39, 0.29) is 10.8 Å². The van der Waals surface area contributed by atoms with Crippen molar-refractivity contribution in [1.82, 2.24) is 9.29 Å². The van der Waals surface area contributed by atoms with E-state index in [1.165, 1.54) is 21.7 Å². The molecular formula is C23H24N4O4S2. The molecule has 1 aliphatic heterocycles. The van der Waals surface area contributed by atoms with Crippen molar-refractivity contribution in [2.75, 3.05) is 23.7 Å². The summed E-state index contributed by atoms with van der Waals surface area (Å²) in [7, 11) is -3.64. The molecule has 8 nitrogen and oxygen atoms in total. The van der Waals surface area contributed by atoms with Crippen LogP contribution in [-0.2, 0) is 10.0 Å². The average molecular weight is 485 g/mol. The Labute approximate surface area is 196 Å². The topological polar surface area (TPSA) is 108 Å². The molecule has 0 radical (unpaired) electrons. The fourth-order valence-corrected chi connectivity index (χ4v) is 5.69. The van der Waals surface area contributed by atoms with Gasteiger partial charge in [0.1, 0.15) is 0 Å². The van der Waals surface area contributed by atoms with Crippen LogP contribution in [0.2, 0.25) is 0 Å². The largest absolute Gasteiger partial charge is 0.322 e. The van der Waals surface area contributed by atoms with Crippen molar-refractivity contribution in [3.8, 4) is 0 Å². The second-order valence-electron chi connectivity index (χ2n) is 7.76. The van der Waals surface area contributed by atoms with Crippen LogP contribution in [0.3, 0.4) is 0 Å². The minimum absolute atomic E-state index is 0.120. The van der Waals surface area contributed by atoms with Crippen molar-refractivity contribution in [3.63, 3.8) is 0 Å². The molecule has 1 aliphatic rings. The van der Waals surface area contributed by atoms with E-state index in [1.54, 1.807) is 54.9 Å². The summed E-state index contributed by atoms with van der Waals surface area (Å²) < 4.78 is 27.5. The van der Waals surface area contributed by atoms with Crippen LogP contribution in [0.4, 0.5) is 10.8 Å². The predicted molar refractivity (Wildman–Crippen MR) is 128 cm³/mol. The molecule has 3 aromatic rings. The lowest BCUT2D eigenvalue weighted by molar-refractivity contribution is 0.101. The molecule has 0 unspecified atom stereocenters. The van der Waals surface area contributed by atoms with Crippen LogP contribution in [0.5, 0.6) is 0 Å². The van der Waals surface area contributed by atoms with Crippen LogP contribution >= 0.6 is 11.3 Å². The van der Waals surface area contributed by atoms with Crippen molar-refractivity contribution in [3.05, 3.63) is 70.7 Å². The monoisotopic (exact) mass is 484 g/mol. The zero-order chi connectivity index (χ0) is 23.4. The molecule has 2 amide bonds. The maximum atomic E-state index is 13.0. The van der Waals surface area contributed by atoms with Gasteiger partial charge in [-0.05, 0) is 61.7 Å². The summed E-state index contributed by atoms with van der Waals surface area (Å²) in [6.45, 7) is 2.76. The minimum Gasteiger partial charge on any atom is -0.322 e. The molecule has 0 aliphatic carbocycles. The minimum atomic E-state index is -3.64. The molecule has 2 heterocycles. The van der Waals surface area contributed by atoms with Crippen molar-refractivity contribution >= 4 is 44.0 Å². The molecule has 172 valence electrons. The highest BCUT2D eigenvalue weighted by atomic mass is 32.2. The van der Waals surface area contributed by atoms with Crippen molar-refractivity contribution < 1.29 is 18.0 Å². The van der Waals surface area contributed by atoms with E-state index in [1.807, 2.05) is 0 Å². The Bertz CT molecular complexity index is 1250. The van der Waals surface area contributed by atoms with E-state index in [4.69, 9.17) is 0 Å². The summed E-state index contributed by atoms with van der Waals surface area (Å²) in [5.74, 6) is -0.711. The van der Waals surface area contributed by atoms with Crippen LogP contribution in [-0.4, -0.2) is 42.6 Å². The van der Waals surface area contributed by atoms with Crippen molar-refractivity contribution in [1.29, 1.82) is 0 Å². The van der Waals surface area contributed by atoms with Gasteiger partial charge in [0.15, 0.2) is 5.13 Å². The molecule has 1 saturated heterocycles. The normalized spacial score (nSPS) is 14.6. The number of benzene rings is 2. The first-order valence-electron chi connectivity index (χ1n) is 10.6. The summed E-state index contributed by atoms with van der Waals surface area (Å²) in [5, 5.41) is 7.75. The number of carbonyl (C=O) groups excluding carboxylic acids is 2. The van der Waals surface area contributed by atoms with Gasteiger partial charge in [-0.3, -0.25) is 14.9 Å². The van der Waals surface area contributed by atoms with E-state index in [9.17, 15) is 18.0 Å². The first kappa shape index (κ1) is 23.1. The zero-order valence-corrected chi connectivity index (χ0v) is 19.7. The number of amides is 2. The van der Waals surface area contributed by atoms with Gasteiger partial charge >= 0.3 is 0 Å². The number of rotatable bonds is 6. The van der Waals surface area contributed by atoms with Crippen LogP contribution in [0, 0.1) is 6.92 Å².